The van der Waals surface area contributed by atoms with Crippen molar-refractivity contribution < 1.29 is 4.74 Å². The zero-order valence-corrected chi connectivity index (χ0v) is 7.88. The van der Waals surface area contributed by atoms with Crippen LogP contribution in [0, 0.1) is 0 Å². The van der Waals surface area contributed by atoms with E-state index in [-0.39, 0.29) is 5.60 Å². The molecule has 0 saturated carbocycles. The van der Waals surface area contributed by atoms with Gasteiger partial charge in [0, 0.05) is 0 Å². The molecule has 0 bridgehead atoms. The van der Waals surface area contributed by atoms with Crippen molar-refractivity contribution in [2.24, 2.45) is 0 Å². The molecular weight excluding hydrogens is 148 g/mol. The third kappa shape index (κ3) is 1.56. The lowest BCUT2D eigenvalue weighted by atomic mass is 9.84. The van der Waals surface area contributed by atoms with Crippen LogP contribution in [-0.2, 0) is 4.74 Å². The Morgan fingerprint density at radius 3 is 2.83 bits per heavy atom. The average molecular weight is 166 g/mol. The van der Waals surface area contributed by atoms with Crippen LogP contribution < -0.4 is 0 Å². The minimum atomic E-state index is 0.149. The van der Waals surface area contributed by atoms with E-state index in [1.165, 1.54) is 38.5 Å². The minimum absolute atomic E-state index is 0.149. The van der Waals surface area contributed by atoms with Crippen molar-refractivity contribution in [2.75, 3.05) is 0 Å². The molecule has 2 aliphatic rings. The molecule has 68 valence electrons. The Labute approximate surface area is 74.8 Å². The zero-order valence-electron chi connectivity index (χ0n) is 7.88. The molecule has 0 radical (unpaired) electrons. The van der Waals surface area contributed by atoms with Crippen LogP contribution in [-0.4, -0.2) is 11.7 Å². The first kappa shape index (κ1) is 8.31. The smallest absolute Gasteiger partial charge is 0.0866 e. The van der Waals surface area contributed by atoms with Gasteiger partial charge in [0.15, 0.2) is 0 Å². The van der Waals surface area contributed by atoms with E-state index >= 15 is 0 Å². The van der Waals surface area contributed by atoms with E-state index < -0.39 is 0 Å². The molecule has 1 nitrogen and oxygen atoms in total. The van der Waals surface area contributed by atoms with Gasteiger partial charge in [-0.15, -0.1) is 0 Å². The number of ether oxygens (including phenoxy) is 1. The van der Waals surface area contributed by atoms with Crippen LogP contribution in [0.4, 0.5) is 0 Å². The van der Waals surface area contributed by atoms with Gasteiger partial charge in [-0.25, -0.2) is 0 Å². The monoisotopic (exact) mass is 166 g/mol. The Bertz CT molecular complexity index is 185. The van der Waals surface area contributed by atoms with Crippen molar-refractivity contribution in [3.63, 3.8) is 0 Å². The summed E-state index contributed by atoms with van der Waals surface area (Å²) in [7, 11) is 0. The molecule has 0 amide bonds. The second kappa shape index (κ2) is 3.21. The third-order valence-electron chi connectivity index (χ3n) is 3.04. The number of hydrogen-bond acceptors (Lipinski definition) is 1. The number of hydrogen-bond donors (Lipinski definition) is 0. The molecule has 1 aliphatic carbocycles. The van der Waals surface area contributed by atoms with Gasteiger partial charge in [-0.3, -0.25) is 0 Å². The molecule has 0 aromatic carbocycles. The van der Waals surface area contributed by atoms with E-state index in [1.807, 2.05) is 0 Å². The van der Waals surface area contributed by atoms with Gasteiger partial charge in [0.1, 0.15) is 0 Å². The molecule has 0 unspecified atom stereocenters. The molecule has 1 aliphatic heterocycles. The maximum absolute atomic E-state index is 6.03. The predicted octanol–water partition coefficient (Wildman–Crippen LogP) is 3.05. The van der Waals surface area contributed by atoms with E-state index in [2.05, 4.69) is 19.1 Å². The molecular formula is C11H18O. The molecule has 0 aromatic rings. The van der Waals surface area contributed by atoms with E-state index in [0.29, 0.717) is 6.10 Å². The first-order valence-corrected chi connectivity index (χ1v) is 5.16. The van der Waals surface area contributed by atoms with Crippen LogP contribution in [0.1, 0.15) is 45.4 Å². The fourth-order valence-corrected chi connectivity index (χ4v) is 2.41. The standard InChI is InChI=1S/C11H18O/c1-10-6-5-9-11(12-10)7-3-2-4-8-11/h3,7,10H,2,4-6,8-9H2,1H3/t10-,11+/m0/s1. The van der Waals surface area contributed by atoms with Crippen LogP contribution in [0.5, 0.6) is 0 Å². The fraction of sp³-hybridized carbons (Fsp3) is 0.818. The molecule has 2 atom stereocenters. The highest BCUT2D eigenvalue weighted by molar-refractivity contribution is 5.07. The highest BCUT2D eigenvalue weighted by atomic mass is 16.5. The normalized spacial score (nSPS) is 41.9. The van der Waals surface area contributed by atoms with E-state index in [9.17, 15) is 0 Å². The third-order valence-corrected chi connectivity index (χ3v) is 3.04. The number of rotatable bonds is 0. The van der Waals surface area contributed by atoms with Crippen molar-refractivity contribution in [1.82, 2.24) is 0 Å². The first-order valence-electron chi connectivity index (χ1n) is 5.16. The Hall–Kier alpha value is -0.300. The Morgan fingerprint density at radius 2 is 2.17 bits per heavy atom. The maximum atomic E-state index is 6.03. The van der Waals surface area contributed by atoms with Gasteiger partial charge in [-0.2, -0.15) is 0 Å². The minimum Gasteiger partial charge on any atom is -0.368 e. The van der Waals surface area contributed by atoms with Gasteiger partial charge in [-0.05, 0) is 45.4 Å². The molecule has 0 aromatic heterocycles. The van der Waals surface area contributed by atoms with Crippen LogP contribution in [0.2, 0.25) is 0 Å². The molecule has 1 spiro atoms. The SMILES string of the molecule is C[C@H]1CCC[C@]2(C=CCCC2)O1. The van der Waals surface area contributed by atoms with Crippen LogP contribution in [0.3, 0.4) is 0 Å². The summed E-state index contributed by atoms with van der Waals surface area (Å²) in [6.07, 6.45) is 12.7. The summed E-state index contributed by atoms with van der Waals surface area (Å²) in [6, 6.07) is 0. The summed E-state index contributed by atoms with van der Waals surface area (Å²) in [5.74, 6) is 0. The first-order chi connectivity index (χ1) is 5.81. The van der Waals surface area contributed by atoms with Crippen LogP contribution in [0.25, 0.3) is 0 Å². The van der Waals surface area contributed by atoms with Gasteiger partial charge in [-0.1, -0.05) is 12.2 Å². The van der Waals surface area contributed by atoms with Crippen molar-refractivity contribution in [3.05, 3.63) is 12.2 Å². The summed E-state index contributed by atoms with van der Waals surface area (Å²) >= 11 is 0. The molecule has 12 heavy (non-hydrogen) atoms. The van der Waals surface area contributed by atoms with Crippen LogP contribution in [0.15, 0.2) is 12.2 Å². The van der Waals surface area contributed by atoms with E-state index in [4.69, 9.17) is 4.74 Å². The Balaban J connectivity index is 2.07. The summed E-state index contributed by atoms with van der Waals surface area (Å²) in [5.41, 5.74) is 0.149. The summed E-state index contributed by atoms with van der Waals surface area (Å²) in [5, 5.41) is 0. The lowest BCUT2D eigenvalue weighted by Crippen LogP contribution is -2.38. The fourth-order valence-electron chi connectivity index (χ4n) is 2.41. The van der Waals surface area contributed by atoms with Crippen molar-refractivity contribution in [1.29, 1.82) is 0 Å². The van der Waals surface area contributed by atoms with Gasteiger partial charge < -0.3 is 4.74 Å². The van der Waals surface area contributed by atoms with Gasteiger partial charge in [0.2, 0.25) is 0 Å². The molecule has 0 N–H and O–H groups in total. The zero-order chi connectivity index (χ0) is 8.44. The largest absolute Gasteiger partial charge is 0.368 e. The molecule has 1 heteroatoms. The Kier molecular flexibility index (Phi) is 2.22. The van der Waals surface area contributed by atoms with E-state index in [1.54, 1.807) is 0 Å². The average Bonchev–Trinajstić information content (AvgIpc) is 2.05. The van der Waals surface area contributed by atoms with Crippen LogP contribution >= 0.6 is 0 Å². The van der Waals surface area contributed by atoms with Gasteiger partial charge in [0.25, 0.3) is 0 Å². The van der Waals surface area contributed by atoms with Crippen molar-refractivity contribution >= 4 is 0 Å². The summed E-state index contributed by atoms with van der Waals surface area (Å²) < 4.78 is 6.03. The predicted molar refractivity (Wildman–Crippen MR) is 50.1 cm³/mol. The van der Waals surface area contributed by atoms with E-state index in [0.717, 1.165) is 0 Å². The van der Waals surface area contributed by atoms with Crippen molar-refractivity contribution in [2.45, 2.75) is 57.2 Å². The molecule has 1 saturated heterocycles. The second-order valence-corrected chi connectivity index (χ2v) is 4.18. The van der Waals surface area contributed by atoms with Gasteiger partial charge >= 0.3 is 0 Å². The molecule has 2 rings (SSSR count). The second-order valence-electron chi connectivity index (χ2n) is 4.18. The highest BCUT2D eigenvalue weighted by Crippen LogP contribution is 2.36. The maximum Gasteiger partial charge on any atom is 0.0866 e. The number of allylic oxidation sites excluding steroid dienone is 1. The summed E-state index contributed by atoms with van der Waals surface area (Å²) in [6.45, 7) is 2.20. The lowest BCUT2D eigenvalue weighted by molar-refractivity contribution is -0.0976. The summed E-state index contributed by atoms with van der Waals surface area (Å²) in [4.78, 5) is 0. The lowest BCUT2D eigenvalue weighted by Gasteiger charge is -2.40. The Morgan fingerprint density at radius 1 is 1.33 bits per heavy atom. The molecule has 1 fully saturated rings. The quantitative estimate of drug-likeness (QED) is 0.502. The topological polar surface area (TPSA) is 9.23 Å². The molecule has 1 heterocycles. The van der Waals surface area contributed by atoms with Crippen molar-refractivity contribution in [3.8, 4) is 0 Å². The van der Waals surface area contributed by atoms with Gasteiger partial charge in [0.05, 0.1) is 11.7 Å². The highest BCUT2D eigenvalue weighted by Gasteiger charge is 2.33.